The van der Waals surface area contributed by atoms with E-state index in [0.717, 1.165) is 36.4 Å². The van der Waals surface area contributed by atoms with Crippen LogP contribution in [-0.2, 0) is 9.22 Å². The summed E-state index contributed by atoms with van der Waals surface area (Å²) in [4.78, 5) is 10.8. The minimum atomic E-state index is -1.69. The zero-order valence-electron chi connectivity index (χ0n) is 16.2. The molecule has 0 fully saturated rings. The van der Waals surface area contributed by atoms with Gasteiger partial charge < -0.3 is 4.43 Å². The summed E-state index contributed by atoms with van der Waals surface area (Å²) < 4.78 is 6.71. The largest absolute Gasteiger partial charge is 0.410 e. The molecule has 0 aliphatic carbocycles. The molecular weight excluding hydrogens is 300 g/mol. The summed E-state index contributed by atoms with van der Waals surface area (Å²) in [6.45, 7) is 15.2. The van der Waals surface area contributed by atoms with Crippen LogP contribution in [0.15, 0.2) is 35.5 Å². The number of allylic oxidation sites excluding steroid dienone is 4. The molecule has 0 radical (unpaired) electrons. The SMILES string of the molecule is CC/C=C(C)/C=C/[C@@H](O[Si](CC)(CC)CC)[C@H](C)/C(C)=C/C=O. The monoisotopic (exact) mass is 336 g/mol. The Morgan fingerprint density at radius 3 is 2.09 bits per heavy atom. The predicted molar refractivity (Wildman–Crippen MR) is 104 cm³/mol. The lowest BCUT2D eigenvalue weighted by molar-refractivity contribution is -0.104. The van der Waals surface area contributed by atoms with Crippen molar-refractivity contribution >= 4 is 14.6 Å². The second kappa shape index (κ2) is 11.6. The van der Waals surface area contributed by atoms with Crippen LogP contribution in [0, 0.1) is 5.92 Å². The first-order chi connectivity index (χ1) is 10.9. The van der Waals surface area contributed by atoms with Crippen LogP contribution in [0.2, 0.25) is 18.1 Å². The number of hydrogen-bond donors (Lipinski definition) is 0. The third-order valence-corrected chi connectivity index (χ3v) is 9.57. The Morgan fingerprint density at radius 1 is 1.09 bits per heavy atom. The Hall–Kier alpha value is -0.933. The Bertz CT molecular complexity index is 423. The molecule has 0 aromatic rings. The van der Waals surface area contributed by atoms with E-state index in [4.69, 9.17) is 4.43 Å². The fourth-order valence-corrected chi connectivity index (χ4v) is 5.61. The molecule has 0 saturated heterocycles. The highest BCUT2D eigenvalue weighted by molar-refractivity contribution is 6.73. The quantitative estimate of drug-likeness (QED) is 0.198. The first-order valence-electron chi connectivity index (χ1n) is 9.04. The second-order valence-corrected chi connectivity index (χ2v) is 11.1. The van der Waals surface area contributed by atoms with Crippen LogP contribution in [-0.4, -0.2) is 20.7 Å². The molecule has 23 heavy (non-hydrogen) atoms. The van der Waals surface area contributed by atoms with E-state index >= 15 is 0 Å². The van der Waals surface area contributed by atoms with E-state index in [0.29, 0.717) is 0 Å². The van der Waals surface area contributed by atoms with Gasteiger partial charge in [-0.15, -0.1) is 0 Å². The van der Waals surface area contributed by atoms with E-state index in [1.807, 2.05) is 6.92 Å². The van der Waals surface area contributed by atoms with Gasteiger partial charge in [0.1, 0.15) is 6.29 Å². The predicted octanol–water partition coefficient (Wildman–Crippen LogP) is 6.07. The van der Waals surface area contributed by atoms with Crippen molar-refractivity contribution in [3.8, 4) is 0 Å². The Balaban J connectivity index is 5.49. The zero-order valence-corrected chi connectivity index (χ0v) is 17.2. The normalized spacial score (nSPS) is 16.7. The molecule has 0 saturated carbocycles. The molecule has 0 aromatic heterocycles. The number of hydrogen-bond acceptors (Lipinski definition) is 2. The molecule has 0 unspecified atom stereocenters. The summed E-state index contributed by atoms with van der Waals surface area (Å²) in [6.07, 6.45) is 10.2. The molecule has 0 aliphatic heterocycles. The third kappa shape index (κ3) is 7.45. The molecule has 0 aliphatic rings. The molecule has 0 N–H and O–H groups in total. The van der Waals surface area contributed by atoms with Gasteiger partial charge in [0.05, 0.1) is 6.10 Å². The van der Waals surface area contributed by atoms with Crippen LogP contribution in [0.5, 0.6) is 0 Å². The van der Waals surface area contributed by atoms with E-state index in [2.05, 4.69) is 59.8 Å². The highest BCUT2D eigenvalue weighted by Gasteiger charge is 2.33. The standard InChI is InChI=1S/C20H36O2Si/c1-8-12-17(5)13-14-20(19(7)18(6)15-16-21)22-23(9-2,10-3)11-4/h12-16,19-20H,8-11H2,1-7H3/b14-13+,17-12+,18-15+/t19-,20-/m1/s1. The summed E-state index contributed by atoms with van der Waals surface area (Å²) in [7, 11) is -1.69. The first-order valence-corrected chi connectivity index (χ1v) is 11.6. The van der Waals surface area contributed by atoms with Gasteiger partial charge in [0.2, 0.25) is 0 Å². The average Bonchev–Trinajstić information content (AvgIpc) is 2.55. The second-order valence-electron chi connectivity index (χ2n) is 6.38. The van der Waals surface area contributed by atoms with Gasteiger partial charge in [-0.05, 0) is 44.5 Å². The van der Waals surface area contributed by atoms with Gasteiger partial charge in [-0.3, -0.25) is 4.79 Å². The maximum Gasteiger partial charge on any atom is 0.192 e. The molecule has 0 heterocycles. The van der Waals surface area contributed by atoms with Crippen molar-refractivity contribution in [3.05, 3.63) is 35.5 Å². The Morgan fingerprint density at radius 2 is 1.65 bits per heavy atom. The summed E-state index contributed by atoms with van der Waals surface area (Å²) in [5.41, 5.74) is 2.35. The van der Waals surface area contributed by atoms with Crippen LogP contribution in [0.1, 0.15) is 54.9 Å². The number of carbonyl (C=O) groups excluding carboxylic acids is 1. The summed E-state index contributed by atoms with van der Waals surface area (Å²) in [6, 6.07) is 3.41. The van der Waals surface area contributed by atoms with Gasteiger partial charge in [-0.2, -0.15) is 0 Å². The molecule has 0 amide bonds. The van der Waals surface area contributed by atoms with E-state index in [-0.39, 0.29) is 12.0 Å². The third-order valence-electron chi connectivity index (χ3n) is 4.94. The maximum absolute atomic E-state index is 10.8. The lowest BCUT2D eigenvalue weighted by Gasteiger charge is -2.35. The lowest BCUT2D eigenvalue weighted by Crippen LogP contribution is -2.41. The molecule has 2 atom stereocenters. The Labute approximate surface area is 144 Å². The average molecular weight is 337 g/mol. The molecule has 3 heteroatoms. The van der Waals surface area contributed by atoms with Crippen LogP contribution in [0.25, 0.3) is 0 Å². The first kappa shape index (κ1) is 22.1. The number of rotatable bonds is 11. The topological polar surface area (TPSA) is 26.3 Å². The fraction of sp³-hybridized carbons (Fsp3) is 0.650. The van der Waals surface area contributed by atoms with Crippen molar-refractivity contribution in [1.82, 2.24) is 0 Å². The van der Waals surface area contributed by atoms with Gasteiger partial charge in [-0.25, -0.2) is 0 Å². The molecule has 132 valence electrons. The molecule has 0 aromatic carbocycles. The van der Waals surface area contributed by atoms with Gasteiger partial charge in [-0.1, -0.05) is 64.0 Å². The van der Waals surface area contributed by atoms with Crippen molar-refractivity contribution in [2.45, 2.75) is 79.1 Å². The molecule has 0 bridgehead atoms. The van der Waals surface area contributed by atoms with E-state index in [1.165, 1.54) is 5.57 Å². The highest BCUT2D eigenvalue weighted by Crippen LogP contribution is 2.28. The van der Waals surface area contributed by atoms with Crippen molar-refractivity contribution < 1.29 is 9.22 Å². The molecule has 2 nitrogen and oxygen atoms in total. The highest BCUT2D eigenvalue weighted by atomic mass is 28.4. The Kier molecular flexibility index (Phi) is 11.1. The van der Waals surface area contributed by atoms with E-state index in [9.17, 15) is 4.79 Å². The fourth-order valence-electron chi connectivity index (χ4n) is 2.75. The molecule has 0 spiro atoms. The van der Waals surface area contributed by atoms with Crippen molar-refractivity contribution in [3.63, 3.8) is 0 Å². The molecular formula is C20H36O2Si. The lowest BCUT2D eigenvalue weighted by atomic mass is 9.95. The van der Waals surface area contributed by atoms with Gasteiger partial charge in [0.15, 0.2) is 8.32 Å². The number of aldehydes is 1. The van der Waals surface area contributed by atoms with Crippen molar-refractivity contribution in [2.75, 3.05) is 0 Å². The van der Waals surface area contributed by atoms with Crippen LogP contribution in [0.3, 0.4) is 0 Å². The zero-order chi connectivity index (χ0) is 17.9. The minimum absolute atomic E-state index is 0.0397. The van der Waals surface area contributed by atoms with Crippen LogP contribution >= 0.6 is 0 Å². The van der Waals surface area contributed by atoms with Gasteiger partial charge in [0.25, 0.3) is 0 Å². The van der Waals surface area contributed by atoms with E-state index in [1.54, 1.807) is 6.08 Å². The van der Waals surface area contributed by atoms with Crippen molar-refractivity contribution in [2.24, 2.45) is 5.92 Å². The smallest absolute Gasteiger partial charge is 0.192 e. The van der Waals surface area contributed by atoms with Crippen LogP contribution < -0.4 is 0 Å². The summed E-state index contributed by atoms with van der Waals surface area (Å²) in [5, 5.41) is 0. The maximum atomic E-state index is 10.8. The van der Waals surface area contributed by atoms with Gasteiger partial charge in [0, 0.05) is 5.92 Å². The van der Waals surface area contributed by atoms with Crippen LogP contribution in [0.4, 0.5) is 0 Å². The summed E-state index contributed by atoms with van der Waals surface area (Å²) >= 11 is 0. The van der Waals surface area contributed by atoms with E-state index < -0.39 is 8.32 Å². The van der Waals surface area contributed by atoms with Gasteiger partial charge >= 0.3 is 0 Å². The van der Waals surface area contributed by atoms with Crippen molar-refractivity contribution in [1.29, 1.82) is 0 Å². The minimum Gasteiger partial charge on any atom is -0.410 e. The molecule has 0 rings (SSSR count). The summed E-state index contributed by atoms with van der Waals surface area (Å²) in [5.74, 6) is 0.211. The number of carbonyl (C=O) groups is 1.